The maximum Gasteiger partial charge on any atom is 0.328 e. The first-order valence-electron chi connectivity index (χ1n) is 11.7. The Balaban J connectivity index is 1.81. The number of benzene rings is 3. The van der Waals surface area contributed by atoms with E-state index in [0.717, 1.165) is 59.9 Å². The third kappa shape index (κ3) is 5.37. The number of carbonyl (C=O) groups is 2. The fourth-order valence-corrected chi connectivity index (χ4v) is 4.89. The van der Waals surface area contributed by atoms with Gasteiger partial charge in [-0.3, -0.25) is 4.79 Å². The number of primary amides is 1. The average molecular weight is 455 g/mol. The molecule has 0 saturated carbocycles. The minimum absolute atomic E-state index is 0.253. The predicted molar refractivity (Wildman–Crippen MR) is 136 cm³/mol. The number of carbonyl (C=O) groups excluding carboxylic acids is 1. The second kappa shape index (κ2) is 10.8. The number of piperidine rings is 1. The van der Waals surface area contributed by atoms with E-state index in [0.29, 0.717) is 0 Å². The highest BCUT2D eigenvalue weighted by atomic mass is 16.4. The first-order chi connectivity index (χ1) is 16.5. The van der Waals surface area contributed by atoms with Crippen LogP contribution >= 0.6 is 0 Å². The van der Waals surface area contributed by atoms with Gasteiger partial charge in [0, 0.05) is 30.8 Å². The minimum atomic E-state index is -1.00. The molecular weight excluding hydrogens is 424 g/mol. The molecule has 2 unspecified atom stereocenters. The number of aliphatic carboxylic acids is 1. The topological polar surface area (TPSA) is 83.6 Å². The number of carboxylic acid groups (broad SMARTS) is 1. The molecule has 5 nitrogen and oxygen atoms in total. The van der Waals surface area contributed by atoms with Gasteiger partial charge < -0.3 is 15.7 Å². The summed E-state index contributed by atoms with van der Waals surface area (Å²) in [6.45, 7) is 2.01. The van der Waals surface area contributed by atoms with Gasteiger partial charge in [-0.15, -0.1) is 0 Å². The van der Waals surface area contributed by atoms with Crippen LogP contribution in [0.3, 0.4) is 0 Å². The van der Waals surface area contributed by atoms with Gasteiger partial charge in [0.05, 0.1) is 5.92 Å². The molecule has 5 heteroatoms. The summed E-state index contributed by atoms with van der Waals surface area (Å²) in [6.07, 6.45) is 6.20. The van der Waals surface area contributed by atoms with E-state index in [9.17, 15) is 9.59 Å². The van der Waals surface area contributed by atoms with Gasteiger partial charge in [-0.05, 0) is 53.7 Å². The summed E-state index contributed by atoms with van der Waals surface area (Å²) in [6, 6.07) is 25.8. The molecule has 1 saturated heterocycles. The molecule has 1 aliphatic heterocycles. The van der Waals surface area contributed by atoms with Crippen molar-refractivity contribution >= 4 is 23.6 Å². The van der Waals surface area contributed by atoms with Crippen molar-refractivity contribution in [3.05, 3.63) is 107 Å². The molecule has 1 amide bonds. The van der Waals surface area contributed by atoms with E-state index in [4.69, 9.17) is 10.8 Å². The molecule has 0 bridgehead atoms. The average Bonchev–Trinajstić information content (AvgIpc) is 2.87. The molecular formula is C29H30N2O3. The monoisotopic (exact) mass is 454 g/mol. The minimum Gasteiger partial charge on any atom is -0.478 e. The molecule has 0 radical (unpaired) electrons. The normalized spacial score (nSPS) is 15.7. The Morgan fingerprint density at radius 3 is 2.12 bits per heavy atom. The van der Waals surface area contributed by atoms with E-state index in [2.05, 4.69) is 35.2 Å². The molecule has 1 heterocycles. The van der Waals surface area contributed by atoms with E-state index in [1.807, 2.05) is 48.5 Å². The van der Waals surface area contributed by atoms with Gasteiger partial charge in [0.25, 0.3) is 0 Å². The van der Waals surface area contributed by atoms with Gasteiger partial charge in [0.15, 0.2) is 0 Å². The van der Waals surface area contributed by atoms with Crippen LogP contribution < -0.4 is 10.6 Å². The van der Waals surface area contributed by atoms with E-state index < -0.39 is 17.8 Å². The number of hydrogen-bond donors (Lipinski definition) is 2. The maximum atomic E-state index is 13.0. The van der Waals surface area contributed by atoms with E-state index in [1.54, 1.807) is 0 Å². The number of carboxylic acids is 1. The molecule has 4 rings (SSSR count). The maximum absolute atomic E-state index is 13.0. The van der Waals surface area contributed by atoms with Gasteiger partial charge in [-0.25, -0.2) is 4.79 Å². The lowest BCUT2D eigenvalue weighted by Gasteiger charge is -2.34. The van der Waals surface area contributed by atoms with Crippen LogP contribution in [-0.2, 0) is 9.59 Å². The number of rotatable bonds is 8. The van der Waals surface area contributed by atoms with Gasteiger partial charge in [0.2, 0.25) is 5.91 Å². The third-order valence-corrected chi connectivity index (χ3v) is 6.48. The quantitative estimate of drug-likeness (QED) is 0.460. The highest BCUT2D eigenvalue weighted by Crippen LogP contribution is 2.43. The molecule has 174 valence electrons. The first-order valence-corrected chi connectivity index (χ1v) is 11.7. The van der Waals surface area contributed by atoms with Crippen molar-refractivity contribution in [2.45, 2.75) is 31.1 Å². The highest BCUT2D eigenvalue weighted by Gasteiger charge is 2.33. The molecule has 3 N–H and O–H groups in total. The van der Waals surface area contributed by atoms with Crippen molar-refractivity contribution in [2.75, 3.05) is 18.0 Å². The van der Waals surface area contributed by atoms with Crippen LogP contribution in [0.5, 0.6) is 0 Å². The number of hydrogen-bond acceptors (Lipinski definition) is 3. The standard InChI is InChI=1S/C29H30N2O3/c30-29(34)28(23-16-13-21(14-17-23)15-18-26(32)33)27(22-9-3-1-4-10-22)24-11-5-6-12-25(24)31-19-7-2-8-20-31/h1,3-6,9-18,27-28H,2,7-8,19-20H2,(H2,30,34)(H,32,33)/b18-15+. The van der Waals surface area contributed by atoms with E-state index >= 15 is 0 Å². The van der Waals surface area contributed by atoms with Gasteiger partial charge in [-0.1, -0.05) is 72.8 Å². The second-order valence-electron chi connectivity index (χ2n) is 8.71. The summed E-state index contributed by atoms with van der Waals surface area (Å²) in [4.78, 5) is 26.3. The first kappa shape index (κ1) is 23.3. The van der Waals surface area contributed by atoms with Crippen molar-refractivity contribution in [3.63, 3.8) is 0 Å². The zero-order valence-corrected chi connectivity index (χ0v) is 19.1. The number of anilines is 1. The van der Waals surface area contributed by atoms with Crippen molar-refractivity contribution in [1.29, 1.82) is 0 Å². The molecule has 0 aromatic heterocycles. The Kier molecular flexibility index (Phi) is 7.43. The van der Waals surface area contributed by atoms with Gasteiger partial charge in [0.1, 0.15) is 0 Å². The van der Waals surface area contributed by atoms with Crippen LogP contribution in [0.1, 0.15) is 53.4 Å². The number of nitrogens with two attached hydrogens (primary N) is 1. The summed E-state index contributed by atoms with van der Waals surface area (Å²) >= 11 is 0. The van der Waals surface area contributed by atoms with Crippen LogP contribution in [0.25, 0.3) is 6.08 Å². The van der Waals surface area contributed by atoms with Crippen molar-refractivity contribution in [2.24, 2.45) is 5.73 Å². The van der Waals surface area contributed by atoms with Crippen molar-refractivity contribution in [1.82, 2.24) is 0 Å². The molecule has 0 spiro atoms. The second-order valence-corrected chi connectivity index (χ2v) is 8.71. The largest absolute Gasteiger partial charge is 0.478 e. The zero-order valence-electron chi connectivity index (χ0n) is 19.1. The smallest absolute Gasteiger partial charge is 0.328 e. The van der Waals surface area contributed by atoms with E-state index in [1.165, 1.54) is 12.5 Å². The Bertz CT molecular complexity index is 1150. The SMILES string of the molecule is NC(=O)C(c1ccc(/C=C/C(=O)O)cc1)C(c1ccccc1)c1ccccc1N1CCCCC1. The zero-order chi connectivity index (χ0) is 23.9. The molecule has 1 aliphatic rings. The summed E-state index contributed by atoms with van der Waals surface area (Å²) in [5.41, 5.74) is 10.9. The third-order valence-electron chi connectivity index (χ3n) is 6.48. The lowest BCUT2D eigenvalue weighted by Crippen LogP contribution is -2.32. The summed E-state index contributed by atoms with van der Waals surface area (Å²) in [7, 11) is 0. The summed E-state index contributed by atoms with van der Waals surface area (Å²) < 4.78 is 0. The number of amides is 1. The fourth-order valence-electron chi connectivity index (χ4n) is 4.89. The Morgan fingerprint density at radius 1 is 0.824 bits per heavy atom. The Labute approximate surface area is 200 Å². The number of para-hydroxylation sites is 1. The van der Waals surface area contributed by atoms with Crippen molar-refractivity contribution < 1.29 is 14.7 Å². The molecule has 34 heavy (non-hydrogen) atoms. The molecule has 2 atom stereocenters. The molecule has 3 aromatic rings. The summed E-state index contributed by atoms with van der Waals surface area (Å²) in [5.74, 6) is -2.23. The van der Waals surface area contributed by atoms with Crippen LogP contribution in [-0.4, -0.2) is 30.1 Å². The van der Waals surface area contributed by atoms with Crippen LogP contribution in [0, 0.1) is 0 Å². The van der Waals surface area contributed by atoms with E-state index in [-0.39, 0.29) is 5.92 Å². The lowest BCUT2D eigenvalue weighted by atomic mass is 9.76. The lowest BCUT2D eigenvalue weighted by molar-refractivity contribution is -0.131. The van der Waals surface area contributed by atoms with Crippen LogP contribution in [0.2, 0.25) is 0 Å². The number of nitrogens with zero attached hydrogens (tertiary/aromatic N) is 1. The van der Waals surface area contributed by atoms with Gasteiger partial charge in [-0.2, -0.15) is 0 Å². The molecule has 0 aliphatic carbocycles. The Hall–Kier alpha value is -3.86. The molecule has 1 fully saturated rings. The van der Waals surface area contributed by atoms with Crippen LogP contribution in [0.15, 0.2) is 84.9 Å². The highest BCUT2D eigenvalue weighted by molar-refractivity contribution is 5.86. The fraction of sp³-hybridized carbons (Fsp3) is 0.241. The van der Waals surface area contributed by atoms with Crippen LogP contribution in [0.4, 0.5) is 5.69 Å². The van der Waals surface area contributed by atoms with Gasteiger partial charge >= 0.3 is 5.97 Å². The van der Waals surface area contributed by atoms with Crippen molar-refractivity contribution in [3.8, 4) is 0 Å². The predicted octanol–water partition coefficient (Wildman–Crippen LogP) is 5.18. The Morgan fingerprint density at radius 2 is 1.47 bits per heavy atom. The molecule has 3 aromatic carbocycles. The summed E-state index contributed by atoms with van der Waals surface area (Å²) in [5, 5.41) is 8.90.